The Balaban J connectivity index is 2.22. The maximum absolute atomic E-state index is 5.66. The Morgan fingerprint density at radius 2 is 1.88 bits per heavy atom. The fourth-order valence-corrected chi connectivity index (χ4v) is 1.52. The molecular weight excluding hydrogens is 236 g/mol. The number of benzene rings is 1. The van der Waals surface area contributed by atoms with Gasteiger partial charge in [-0.2, -0.15) is 0 Å². The van der Waals surface area contributed by atoms with Gasteiger partial charge in [0, 0.05) is 18.0 Å². The molecule has 0 radical (unpaired) electrons. The van der Waals surface area contributed by atoms with Crippen molar-refractivity contribution in [1.29, 1.82) is 0 Å². The van der Waals surface area contributed by atoms with Gasteiger partial charge >= 0.3 is 6.01 Å². The summed E-state index contributed by atoms with van der Waals surface area (Å²) in [4.78, 5) is 8.20. The van der Waals surface area contributed by atoms with Crippen molar-refractivity contribution in [2.45, 2.75) is 19.7 Å². The number of aryl methyl sites for hydroxylation is 2. The fraction of sp³-hybridized carbons (Fsp3) is 0.231. The second-order valence-electron chi connectivity index (χ2n) is 3.88. The molecule has 4 heteroatoms. The highest BCUT2D eigenvalue weighted by Crippen LogP contribution is 2.23. The van der Waals surface area contributed by atoms with Crippen LogP contribution in [0.15, 0.2) is 30.6 Å². The first-order chi connectivity index (χ1) is 8.19. The van der Waals surface area contributed by atoms with Gasteiger partial charge in [-0.05, 0) is 31.0 Å². The predicted octanol–water partition coefficient (Wildman–Crippen LogP) is 3.62. The zero-order chi connectivity index (χ0) is 12.3. The Bertz CT molecular complexity index is 511. The molecular formula is C13H13ClN2O. The molecule has 0 spiro atoms. The third-order valence-electron chi connectivity index (χ3n) is 2.38. The Labute approximate surface area is 105 Å². The van der Waals surface area contributed by atoms with Crippen molar-refractivity contribution in [3.8, 4) is 11.8 Å². The van der Waals surface area contributed by atoms with Gasteiger partial charge in [0.2, 0.25) is 0 Å². The molecule has 0 aliphatic heterocycles. The van der Waals surface area contributed by atoms with E-state index in [1.165, 1.54) is 0 Å². The molecule has 1 heterocycles. The number of hydrogen-bond donors (Lipinski definition) is 0. The van der Waals surface area contributed by atoms with Crippen molar-refractivity contribution in [3.05, 3.63) is 47.3 Å². The van der Waals surface area contributed by atoms with E-state index in [9.17, 15) is 0 Å². The molecule has 2 rings (SSSR count). The van der Waals surface area contributed by atoms with Crippen LogP contribution < -0.4 is 4.74 Å². The van der Waals surface area contributed by atoms with Crippen LogP contribution in [0, 0.1) is 13.8 Å². The number of alkyl halides is 1. The lowest BCUT2D eigenvalue weighted by molar-refractivity contribution is 0.438. The normalized spacial score (nSPS) is 10.3. The van der Waals surface area contributed by atoms with Crippen LogP contribution in [0.25, 0.3) is 0 Å². The number of hydrogen-bond acceptors (Lipinski definition) is 3. The van der Waals surface area contributed by atoms with Gasteiger partial charge in [0.15, 0.2) is 0 Å². The summed E-state index contributed by atoms with van der Waals surface area (Å²) in [5, 5.41) is 0. The van der Waals surface area contributed by atoms with Gasteiger partial charge in [-0.25, -0.2) is 9.97 Å². The minimum Gasteiger partial charge on any atom is -0.424 e. The molecule has 0 N–H and O–H groups in total. The highest BCUT2D eigenvalue weighted by Gasteiger charge is 2.04. The van der Waals surface area contributed by atoms with Crippen LogP contribution in [0.3, 0.4) is 0 Å². The van der Waals surface area contributed by atoms with Gasteiger partial charge in [-0.15, -0.1) is 11.6 Å². The van der Waals surface area contributed by atoms with Gasteiger partial charge < -0.3 is 4.74 Å². The summed E-state index contributed by atoms with van der Waals surface area (Å²) in [6, 6.07) is 6.36. The lowest BCUT2D eigenvalue weighted by Crippen LogP contribution is -1.94. The number of halogens is 1. The molecule has 1 aromatic carbocycles. The average molecular weight is 249 g/mol. The molecule has 0 amide bonds. The first kappa shape index (κ1) is 11.9. The van der Waals surface area contributed by atoms with Gasteiger partial charge in [-0.1, -0.05) is 12.1 Å². The zero-order valence-electron chi connectivity index (χ0n) is 9.77. The highest BCUT2D eigenvalue weighted by atomic mass is 35.5. The first-order valence-corrected chi connectivity index (χ1v) is 5.84. The molecule has 0 aliphatic carbocycles. The van der Waals surface area contributed by atoms with E-state index in [1.807, 2.05) is 32.0 Å². The maximum atomic E-state index is 5.66. The Morgan fingerprint density at radius 1 is 1.18 bits per heavy atom. The van der Waals surface area contributed by atoms with E-state index in [0.717, 1.165) is 22.4 Å². The van der Waals surface area contributed by atoms with Gasteiger partial charge in [0.25, 0.3) is 0 Å². The predicted molar refractivity (Wildman–Crippen MR) is 67.6 cm³/mol. The lowest BCUT2D eigenvalue weighted by atomic mass is 10.1. The van der Waals surface area contributed by atoms with Crippen molar-refractivity contribution in [1.82, 2.24) is 9.97 Å². The van der Waals surface area contributed by atoms with Crippen LogP contribution in [0.2, 0.25) is 0 Å². The van der Waals surface area contributed by atoms with Crippen molar-refractivity contribution in [2.75, 3.05) is 0 Å². The fourth-order valence-electron chi connectivity index (χ4n) is 1.38. The van der Waals surface area contributed by atoms with Crippen LogP contribution in [0.5, 0.6) is 11.8 Å². The minimum absolute atomic E-state index is 0.340. The van der Waals surface area contributed by atoms with E-state index in [-0.39, 0.29) is 0 Å². The second-order valence-corrected chi connectivity index (χ2v) is 4.15. The molecule has 17 heavy (non-hydrogen) atoms. The SMILES string of the molecule is Cc1ccc(C)c(Oc2ncc(CCl)cn2)c1. The summed E-state index contributed by atoms with van der Waals surface area (Å²) in [7, 11) is 0. The second kappa shape index (κ2) is 5.15. The smallest absolute Gasteiger partial charge is 0.321 e. The Kier molecular flexibility index (Phi) is 3.59. The highest BCUT2D eigenvalue weighted by molar-refractivity contribution is 6.17. The zero-order valence-corrected chi connectivity index (χ0v) is 10.5. The summed E-state index contributed by atoms with van der Waals surface area (Å²) < 4.78 is 5.62. The van der Waals surface area contributed by atoms with Crippen LogP contribution in [-0.4, -0.2) is 9.97 Å². The molecule has 1 aromatic heterocycles. The average Bonchev–Trinajstić information content (AvgIpc) is 2.35. The summed E-state index contributed by atoms with van der Waals surface area (Å²) >= 11 is 5.66. The van der Waals surface area contributed by atoms with E-state index in [4.69, 9.17) is 16.3 Å². The number of ether oxygens (including phenoxy) is 1. The summed E-state index contributed by atoms with van der Waals surface area (Å²) in [5.74, 6) is 1.19. The maximum Gasteiger partial charge on any atom is 0.321 e. The van der Waals surface area contributed by atoms with Crippen LogP contribution in [0.4, 0.5) is 0 Å². The number of rotatable bonds is 3. The Hall–Kier alpha value is -1.61. The van der Waals surface area contributed by atoms with Gasteiger partial charge in [0.05, 0.1) is 5.88 Å². The minimum atomic E-state index is 0.340. The van der Waals surface area contributed by atoms with Crippen molar-refractivity contribution < 1.29 is 4.74 Å². The number of aromatic nitrogens is 2. The van der Waals surface area contributed by atoms with Crippen molar-refractivity contribution >= 4 is 11.6 Å². The molecule has 88 valence electrons. The molecule has 0 unspecified atom stereocenters. The van der Waals surface area contributed by atoms with Crippen LogP contribution >= 0.6 is 11.6 Å². The monoisotopic (exact) mass is 248 g/mol. The van der Waals surface area contributed by atoms with E-state index < -0.39 is 0 Å². The van der Waals surface area contributed by atoms with E-state index >= 15 is 0 Å². The topological polar surface area (TPSA) is 35.0 Å². The Morgan fingerprint density at radius 3 is 2.53 bits per heavy atom. The van der Waals surface area contributed by atoms with Crippen molar-refractivity contribution in [2.24, 2.45) is 0 Å². The number of nitrogens with zero attached hydrogens (tertiary/aromatic N) is 2. The third-order valence-corrected chi connectivity index (χ3v) is 2.69. The molecule has 0 fully saturated rings. The van der Waals surface area contributed by atoms with Crippen LogP contribution in [-0.2, 0) is 5.88 Å². The van der Waals surface area contributed by atoms with E-state index in [2.05, 4.69) is 9.97 Å². The quantitative estimate of drug-likeness (QED) is 0.778. The molecule has 0 saturated carbocycles. The van der Waals surface area contributed by atoms with Crippen LogP contribution in [0.1, 0.15) is 16.7 Å². The first-order valence-electron chi connectivity index (χ1n) is 5.31. The third kappa shape index (κ3) is 2.94. The molecule has 3 nitrogen and oxygen atoms in total. The molecule has 2 aromatic rings. The molecule has 0 bridgehead atoms. The van der Waals surface area contributed by atoms with Gasteiger partial charge in [-0.3, -0.25) is 0 Å². The summed E-state index contributed by atoms with van der Waals surface area (Å²) in [6.07, 6.45) is 3.33. The summed E-state index contributed by atoms with van der Waals surface area (Å²) in [6.45, 7) is 4.01. The lowest BCUT2D eigenvalue weighted by Gasteiger charge is -2.07. The standard InChI is InChI=1S/C13H13ClN2O/c1-9-3-4-10(2)12(5-9)17-13-15-7-11(6-14)8-16-13/h3-5,7-8H,6H2,1-2H3. The summed E-state index contributed by atoms with van der Waals surface area (Å²) in [5.41, 5.74) is 3.07. The van der Waals surface area contributed by atoms with E-state index in [0.29, 0.717) is 11.9 Å². The van der Waals surface area contributed by atoms with Crippen molar-refractivity contribution in [3.63, 3.8) is 0 Å². The molecule has 0 atom stereocenters. The molecule has 0 aliphatic rings. The largest absolute Gasteiger partial charge is 0.424 e. The molecule has 0 saturated heterocycles. The van der Waals surface area contributed by atoms with Gasteiger partial charge in [0.1, 0.15) is 5.75 Å². The van der Waals surface area contributed by atoms with E-state index in [1.54, 1.807) is 12.4 Å².